The average molecular weight is 385 g/mol. The van der Waals surface area contributed by atoms with Gasteiger partial charge in [-0.2, -0.15) is 0 Å². The topological polar surface area (TPSA) is 75.6 Å². The van der Waals surface area contributed by atoms with Crippen molar-refractivity contribution in [3.63, 3.8) is 0 Å². The molecule has 104 valence electrons. The van der Waals surface area contributed by atoms with Gasteiger partial charge in [0.25, 0.3) is 0 Å². The van der Waals surface area contributed by atoms with E-state index in [1.165, 1.54) is 0 Å². The predicted octanol–water partition coefficient (Wildman–Crippen LogP) is 1.88. The zero-order valence-electron chi connectivity index (χ0n) is 10.3. The zero-order valence-corrected chi connectivity index (χ0v) is 12.5. The Balaban J connectivity index is 1.78. The first kappa shape index (κ1) is 13.6. The lowest BCUT2D eigenvalue weighted by molar-refractivity contribution is -0.145. The number of rotatable bonds is 3. The lowest BCUT2D eigenvalue weighted by atomic mass is 9.82. The van der Waals surface area contributed by atoms with Gasteiger partial charge in [0, 0.05) is 9.26 Å². The lowest BCUT2D eigenvalue weighted by Gasteiger charge is -2.20. The fourth-order valence-corrected chi connectivity index (χ4v) is 3.03. The number of nitrogens with one attached hydrogen (secondary N) is 1. The fourth-order valence-electron chi connectivity index (χ4n) is 2.67. The van der Waals surface area contributed by atoms with Crippen molar-refractivity contribution >= 4 is 40.2 Å². The van der Waals surface area contributed by atoms with Gasteiger partial charge in [0.1, 0.15) is 5.92 Å². The fraction of sp³-hybridized carbons (Fsp3) is 0.286. The van der Waals surface area contributed by atoms with Gasteiger partial charge < -0.3 is 15.2 Å². The highest BCUT2D eigenvalue weighted by Gasteiger charge is 2.53. The molecule has 0 saturated carbocycles. The van der Waals surface area contributed by atoms with Crippen LogP contribution in [0.5, 0.6) is 0 Å². The number of hydrogen-bond acceptors (Lipinski definition) is 3. The Bertz CT molecular complexity index is 583. The maximum atomic E-state index is 12.3. The molecule has 0 radical (unpaired) electrons. The summed E-state index contributed by atoms with van der Waals surface area (Å²) in [6.07, 6.45) is 2.55. The number of carbonyl (C=O) groups is 2. The van der Waals surface area contributed by atoms with Crippen molar-refractivity contribution in [2.45, 2.75) is 12.2 Å². The number of ether oxygens (including phenoxy) is 1. The molecule has 5 nitrogen and oxygen atoms in total. The lowest BCUT2D eigenvalue weighted by Crippen LogP contribution is -2.39. The number of fused-ring (bicyclic) bond motifs is 2. The first-order chi connectivity index (χ1) is 9.56. The molecule has 6 heteroatoms. The third-order valence-corrected chi connectivity index (χ3v) is 4.32. The molecule has 1 saturated heterocycles. The van der Waals surface area contributed by atoms with Gasteiger partial charge >= 0.3 is 5.97 Å². The number of benzene rings is 1. The Morgan fingerprint density at radius 2 is 1.70 bits per heavy atom. The predicted molar refractivity (Wildman–Crippen MR) is 80.2 cm³/mol. The van der Waals surface area contributed by atoms with Crippen molar-refractivity contribution < 1.29 is 19.4 Å². The minimum absolute atomic E-state index is 0.310. The van der Waals surface area contributed by atoms with Crippen molar-refractivity contribution in [1.82, 2.24) is 0 Å². The second kappa shape index (κ2) is 5.17. The molecule has 0 unspecified atom stereocenters. The first-order valence-corrected chi connectivity index (χ1v) is 7.27. The molecule has 1 amide bonds. The number of amides is 1. The van der Waals surface area contributed by atoms with Crippen LogP contribution >= 0.6 is 22.6 Å². The van der Waals surface area contributed by atoms with Crippen molar-refractivity contribution in [2.24, 2.45) is 11.8 Å². The van der Waals surface area contributed by atoms with Gasteiger partial charge in [-0.05, 0) is 46.9 Å². The maximum Gasteiger partial charge on any atom is 0.310 e. The molecule has 2 heterocycles. The van der Waals surface area contributed by atoms with E-state index >= 15 is 0 Å². The largest absolute Gasteiger partial charge is 0.481 e. The van der Waals surface area contributed by atoms with Crippen LogP contribution in [0, 0.1) is 15.4 Å². The number of carboxylic acids is 1. The van der Waals surface area contributed by atoms with E-state index in [0.29, 0.717) is 5.69 Å². The molecule has 1 aromatic rings. The summed E-state index contributed by atoms with van der Waals surface area (Å²) in [4.78, 5) is 23.6. The van der Waals surface area contributed by atoms with E-state index in [4.69, 9.17) is 4.74 Å². The van der Waals surface area contributed by atoms with Crippen LogP contribution in [0.25, 0.3) is 0 Å². The molecule has 0 aliphatic carbocycles. The molecule has 2 aliphatic heterocycles. The van der Waals surface area contributed by atoms with Gasteiger partial charge in [-0.1, -0.05) is 12.2 Å². The number of carbonyl (C=O) groups excluding carboxylic acids is 1. The minimum atomic E-state index is -0.996. The van der Waals surface area contributed by atoms with Crippen LogP contribution in [0.1, 0.15) is 0 Å². The molecule has 4 atom stereocenters. The summed E-state index contributed by atoms with van der Waals surface area (Å²) in [5.41, 5.74) is 0.659. The van der Waals surface area contributed by atoms with E-state index in [2.05, 4.69) is 27.9 Å². The number of hydrogen-bond donors (Lipinski definition) is 2. The molecular weight excluding hydrogens is 373 g/mol. The van der Waals surface area contributed by atoms with Crippen molar-refractivity contribution in [3.05, 3.63) is 40.0 Å². The summed E-state index contributed by atoms with van der Waals surface area (Å²) in [6, 6.07) is 7.34. The van der Waals surface area contributed by atoms with Gasteiger partial charge in [0.2, 0.25) is 5.91 Å². The second-order valence-corrected chi connectivity index (χ2v) is 6.08. The van der Waals surface area contributed by atoms with Gasteiger partial charge in [-0.15, -0.1) is 0 Å². The number of anilines is 1. The van der Waals surface area contributed by atoms with Crippen LogP contribution in [0.4, 0.5) is 5.69 Å². The Morgan fingerprint density at radius 1 is 1.10 bits per heavy atom. The Morgan fingerprint density at radius 3 is 2.30 bits per heavy atom. The van der Waals surface area contributed by atoms with E-state index in [1.807, 2.05) is 12.1 Å². The van der Waals surface area contributed by atoms with Crippen molar-refractivity contribution in [2.75, 3.05) is 5.32 Å². The minimum Gasteiger partial charge on any atom is -0.481 e. The third-order valence-electron chi connectivity index (χ3n) is 3.60. The first-order valence-electron chi connectivity index (χ1n) is 6.19. The van der Waals surface area contributed by atoms with Gasteiger partial charge in [0.15, 0.2) is 0 Å². The van der Waals surface area contributed by atoms with Crippen LogP contribution in [0.3, 0.4) is 0 Å². The number of halogens is 1. The van der Waals surface area contributed by atoms with Gasteiger partial charge in [0.05, 0.1) is 18.1 Å². The highest BCUT2D eigenvalue weighted by atomic mass is 127. The molecular formula is C14H12INO4. The molecule has 2 bridgehead atoms. The van der Waals surface area contributed by atoms with Crippen LogP contribution in [0.15, 0.2) is 36.4 Å². The molecule has 2 aliphatic rings. The van der Waals surface area contributed by atoms with Crippen molar-refractivity contribution in [1.29, 1.82) is 0 Å². The standard InChI is InChI=1S/C14H12INO4/c15-7-1-3-8(4-2-7)16-13(17)11-9-5-6-10(20-9)12(11)14(18)19/h1-6,9-12H,(H,16,17)(H,18,19)/t9-,10-,11+,12+/m1/s1. The highest BCUT2D eigenvalue weighted by molar-refractivity contribution is 14.1. The summed E-state index contributed by atoms with van der Waals surface area (Å²) in [7, 11) is 0. The summed E-state index contributed by atoms with van der Waals surface area (Å²) in [5, 5.41) is 12.0. The monoisotopic (exact) mass is 385 g/mol. The van der Waals surface area contributed by atoms with Gasteiger partial charge in [-0.3, -0.25) is 9.59 Å². The third kappa shape index (κ3) is 2.33. The summed E-state index contributed by atoms with van der Waals surface area (Å²) >= 11 is 2.18. The second-order valence-electron chi connectivity index (χ2n) is 4.84. The zero-order chi connectivity index (χ0) is 14.3. The van der Waals surface area contributed by atoms with Crippen LogP contribution in [-0.2, 0) is 14.3 Å². The molecule has 0 aromatic heterocycles. The average Bonchev–Trinajstić information content (AvgIpc) is 3.01. The van der Waals surface area contributed by atoms with E-state index in [1.54, 1.807) is 24.3 Å². The summed E-state index contributed by atoms with van der Waals surface area (Å²) in [5.74, 6) is -2.80. The molecule has 0 spiro atoms. The molecule has 1 fully saturated rings. The van der Waals surface area contributed by atoms with Crippen LogP contribution in [0.2, 0.25) is 0 Å². The normalized spacial score (nSPS) is 30.4. The summed E-state index contributed by atoms with van der Waals surface area (Å²) in [6.45, 7) is 0. The van der Waals surface area contributed by atoms with E-state index in [0.717, 1.165) is 3.57 Å². The van der Waals surface area contributed by atoms with E-state index in [-0.39, 0.29) is 5.91 Å². The maximum absolute atomic E-state index is 12.3. The Kier molecular flexibility index (Phi) is 3.51. The van der Waals surface area contributed by atoms with Gasteiger partial charge in [-0.25, -0.2) is 0 Å². The van der Waals surface area contributed by atoms with E-state index < -0.39 is 30.0 Å². The molecule has 3 rings (SSSR count). The quantitative estimate of drug-likeness (QED) is 0.616. The molecule has 1 aromatic carbocycles. The summed E-state index contributed by atoms with van der Waals surface area (Å²) < 4.78 is 6.55. The molecule has 2 N–H and O–H groups in total. The SMILES string of the molecule is O=C(O)[C@@H]1[C@@H](C(=O)Nc2ccc(I)cc2)[C@H]2C=C[C@H]1O2. The highest BCUT2D eigenvalue weighted by Crippen LogP contribution is 2.39. The van der Waals surface area contributed by atoms with Crippen LogP contribution in [-0.4, -0.2) is 29.2 Å². The smallest absolute Gasteiger partial charge is 0.310 e. The van der Waals surface area contributed by atoms with Crippen LogP contribution < -0.4 is 5.32 Å². The number of carboxylic acid groups (broad SMARTS) is 1. The van der Waals surface area contributed by atoms with E-state index in [9.17, 15) is 14.7 Å². The Hall–Kier alpha value is -1.41. The molecule has 20 heavy (non-hydrogen) atoms. The Labute approximate surface area is 129 Å². The number of aliphatic carboxylic acids is 1. The van der Waals surface area contributed by atoms with Crippen molar-refractivity contribution in [3.8, 4) is 0 Å².